The minimum atomic E-state index is -3.89. The fourth-order valence-electron chi connectivity index (χ4n) is 2.18. The van der Waals surface area contributed by atoms with E-state index in [-0.39, 0.29) is 21.4 Å². The minimum absolute atomic E-state index is 0.0269. The Kier molecular flexibility index (Phi) is 5.63. The van der Waals surface area contributed by atoms with E-state index in [4.69, 9.17) is 39.5 Å². The lowest BCUT2D eigenvalue weighted by Gasteiger charge is -2.14. The summed E-state index contributed by atoms with van der Waals surface area (Å²) in [6, 6.07) is 17.5. The highest BCUT2D eigenvalue weighted by atomic mass is 35.5. The number of hydrogen-bond donors (Lipinski definition) is 1. The molecule has 1 N–H and O–H groups in total. The van der Waals surface area contributed by atoms with E-state index in [1.807, 2.05) is 0 Å². The van der Waals surface area contributed by atoms with Crippen LogP contribution < -0.4 is 9.46 Å². The van der Waals surface area contributed by atoms with Crippen LogP contribution in [-0.2, 0) is 10.0 Å². The number of para-hydroxylation sites is 2. The van der Waals surface area contributed by atoms with E-state index in [1.54, 1.807) is 48.5 Å². The summed E-state index contributed by atoms with van der Waals surface area (Å²) in [4.78, 5) is -0.0269. The number of halogens is 3. The first-order chi connectivity index (χ1) is 12.4. The molecule has 0 aliphatic rings. The number of hydrogen-bond acceptors (Lipinski definition) is 3. The number of nitrogens with one attached hydrogen (secondary N) is 1. The summed E-state index contributed by atoms with van der Waals surface area (Å²) < 4.78 is 33.5. The quantitative estimate of drug-likeness (QED) is 0.523. The van der Waals surface area contributed by atoms with Crippen LogP contribution in [0.25, 0.3) is 0 Å². The first-order valence-electron chi connectivity index (χ1n) is 7.36. The topological polar surface area (TPSA) is 55.4 Å². The van der Waals surface area contributed by atoms with Crippen molar-refractivity contribution in [2.45, 2.75) is 4.90 Å². The molecule has 0 aromatic heterocycles. The Morgan fingerprint density at radius 3 is 2.19 bits per heavy atom. The molecule has 3 aromatic rings. The van der Waals surface area contributed by atoms with Gasteiger partial charge in [-0.2, -0.15) is 0 Å². The summed E-state index contributed by atoms with van der Waals surface area (Å²) in [5.74, 6) is 0.632. The van der Waals surface area contributed by atoms with Crippen molar-refractivity contribution in [3.63, 3.8) is 0 Å². The van der Waals surface area contributed by atoms with E-state index < -0.39 is 10.0 Å². The van der Waals surface area contributed by atoms with Crippen molar-refractivity contribution in [2.75, 3.05) is 4.72 Å². The highest BCUT2D eigenvalue weighted by Crippen LogP contribution is 2.36. The molecule has 3 aromatic carbocycles. The van der Waals surface area contributed by atoms with Crippen molar-refractivity contribution in [1.82, 2.24) is 0 Å². The van der Waals surface area contributed by atoms with Crippen molar-refractivity contribution >= 4 is 50.5 Å². The third-order valence-electron chi connectivity index (χ3n) is 3.37. The van der Waals surface area contributed by atoms with E-state index in [2.05, 4.69) is 4.72 Å². The van der Waals surface area contributed by atoms with Crippen LogP contribution in [-0.4, -0.2) is 8.42 Å². The van der Waals surface area contributed by atoms with Gasteiger partial charge in [-0.25, -0.2) is 8.42 Å². The Labute approximate surface area is 166 Å². The van der Waals surface area contributed by atoms with Crippen molar-refractivity contribution in [3.8, 4) is 11.5 Å². The van der Waals surface area contributed by atoms with Gasteiger partial charge < -0.3 is 4.74 Å². The first kappa shape index (κ1) is 18.9. The molecule has 0 amide bonds. The molecule has 0 aliphatic heterocycles. The molecular formula is C18H12Cl3NO3S. The van der Waals surface area contributed by atoms with E-state index in [9.17, 15) is 8.42 Å². The van der Waals surface area contributed by atoms with Gasteiger partial charge in [0.1, 0.15) is 10.6 Å². The fraction of sp³-hybridized carbons (Fsp3) is 0. The zero-order valence-electron chi connectivity index (χ0n) is 13.1. The van der Waals surface area contributed by atoms with Gasteiger partial charge in [0.2, 0.25) is 0 Å². The Hall–Kier alpha value is -1.92. The first-order valence-corrected chi connectivity index (χ1v) is 9.98. The van der Waals surface area contributed by atoms with Crippen molar-refractivity contribution in [2.24, 2.45) is 0 Å². The van der Waals surface area contributed by atoms with Gasteiger partial charge in [0.05, 0.1) is 15.7 Å². The Balaban J connectivity index is 1.94. The van der Waals surface area contributed by atoms with Crippen molar-refractivity contribution < 1.29 is 13.2 Å². The largest absolute Gasteiger partial charge is 0.454 e. The summed E-state index contributed by atoms with van der Waals surface area (Å²) in [6.07, 6.45) is 0. The average molecular weight is 429 g/mol. The maximum absolute atomic E-state index is 12.6. The molecule has 26 heavy (non-hydrogen) atoms. The molecule has 134 valence electrons. The normalized spacial score (nSPS) is 11.2. The average Bonchev–Trinajstić information content (AvgIpc) is 2.59. The van der Waals surface area contributed by atoms with Gasteiger partial charge in [-0.3, -0.25) is 4.72 Å². The standard InChI is InChI=1S/C18H12Cl3NO3S/c19-12-9-10-16(14(21)11-12)25-17-7-3-2-6-15(17)22-26(23,24)18-8-4-1-5-13(18)20/h1-11,22H. The molecular weight excluding hydrogens is 417 g/mol. The Morgan fingerprint density at radius 2 is 1.46 bits per heavy atom. The minimum Gasteiger partial charge on any atom is -0.454 e. The van der Waals surface area contributed by atoms with Crippen LogP contribution in [0.5, 0.6) is 11.5 Å². The van der Waals surface area contributed by atoms with Gasteiger partial charge in [-0.15, -0.1) is 0 Å². The van der Waals surface area contributed by atoms with Gasteiger partial charge >= 0.3 is 0 Å². The molecule has 0 aliphatic carbocycles. The summed E-state index contributed by atoms with van der Waals surface area (Å²) in [5.41, 5.74) is 0.249. The molecule has 0 atom stereocenters. The molecule has 0 bridgehead atoms. The number of rotatable bonds is 5. The molecule has 0 saturated heterocycles. The number of benzene rings is 3. The zero-order valence-corrected chi connectivity index (χ0v) is 16.2. The molecule has 0 radical (unpaired) electrons. The number of anilines is 1. The maximum Gasteiger partial charge on any atom is 0.263 e. The van der Waals surface area contributed by atoms with Crippen LogP contribution in [0.1, 0.15) is 0 Å². The van der Waals surface area contributed by atoms with E-state index in [0.717, 1.165) is 0 Å². The monoisotopic (exact) mass is 427 g/mol. The highest BCUT2D eigenvalue weighted by molar-refractivity contribution is 7.92. The van der Waals surface area contributed by atoms with E-state index in [1.165, 1.54) is 18.2 Å². The molecule has 8 heteroatoms. The third kappa shape index (κ3) is 4.24. The fourth-order valence-corrected chi connectivity index (χ4v) is 4.22. The Morgan fingerprint density at radius 1 is 0.769 bits per heavy atom. The number of sulfonamides is 1. The Bertz CT molecular complexity index is 1060. The van der Waals surface area contributed by atoms with Crippen molar-refractivity contribution in [3.05, 3.63) is 81.8 Å². The second-order valence-corrected chi connectivity index (χ2v) is 8.11. The van der Waals surface area contributed by atoms with Gasteiger partial charge in [0.25, 0.3) is 10.0 Å². The molecule has 0 unspecified atom stereocenters. The summed E-state index contributed by atoms with van der Waals surface area (Å²) in [6.45, 7) is 0. The molecule has 0 heterocycles. The van der Waals surface area contributed by atoms with Crippen LogP contribution in [0, 0.1) is 0 Å². The second kappa shape index (κ2) is 7.76. The third-order valence-corrected chi connectivity index (χ3v) is 5.77. The van der Waals surface area contributed by atoms with Crippen LogP contribution in [0.2, 0.25) is 15.1 Å². The summed E-state index contributed by atoms with van der Waals surface area (Å²) >= 11 is 18.0. The lowest BCUT2D eigenvalue weighted by Crippen LogP contribution is -2.14. The summed E-state index contributed by atoms with van der Waals surface area (Å²) in [5, 5.41) is 0.899. The predicted octanol–water partition coefficient (Wildman–Crippen LogP) is 6.24. The molecule has 0 saturated carbocycles. The molecule has 3 rings (SSSR count). The summed E-state index contributed by atoms with van der Waals surface area (Å²) in [7, 11) is -3.89. The molecule has 0 spiro atoms. The SMILES string of the molecule is O=S(=O)(Nc1ccccc1Oc1ccc(Cl)cc1Cl)c1ccccc1Cl. The van der Waals surface area contributed by atoms with Gasteiger partial charge in [0, 0.05) is 5.02 Å². The van der Waals surface area contributed by atoms with Gasteiger partial charge in [-0.05, 0) is 42.5 Å². The zero-order chi connectivity index (χ0) is 18.7. The van der Waals surface area contributed by atoms with Gasteiger partial charge in [-0.1, -0.05) is 59.1 Å². The highest BCUT2D eigenvalue weighted by Gasteiger charge is 2.19. The van der Waals surface area contributed by atoms with Crippen LogP contribution in [0.4, 0.5) is 5.69 Å². The molecule has 4 nitrogen and oxygen atoms in total. The maximum atomic E-state index is 12.6. The van der Waals surface area contributed by atoms with E-state index >= 15 is 0 Å². The smallest absolute Gasteiger partial charge is 0.263 e. The van der Waals surface area contributed by atoms with Crippen LogP contribution >= 0.6 is 34.8 Å². The predicted molar refractivity (Wildman–Crippen MR) is 105 cm³/mol. The second-order valence-electron chi connectivity index (χ2n) is 5.21. The number of ether oxygens (including phenoxy) is 1. The lowest BCUT2D eigenvalue weighted by atomic mass is 10.3. The van der Waals surface area contributed by atoms with Gasteiger partial charge in [0.15, 0.2) is 5.75 Å². The van der Waals surface area contributed by atoms with E-state index in [0.29, 0.717) is 15.8 Å². The van der Waals surface area contributed by atoms with Crippen LogP contribution in [0.15, 0.2) is 71.6 Å². The van der Waals surface area contributed by atoms with Crippen molar-refractivity contribution in [1.29, 1.82) is 0 Å². The van der Waals surface area contributed by atoms with Crippen LogP contribution in [0.3, 0.4) is 0 Å². The lowest BCUT2D eigenvalue weighted by molar-refractivity contribution is 0.485. The molecule has 0 fully saturated rings.